The normalized spacial score (nSPS) is 13.1. The Labute approximate surface area is 134 Å². The van der Waals surface area contributed by atoms with E-state index in [2.05, 4.69) is 10.1 Å². The number of rotatable bonds is 1. The molecule has 0 aromatic heterocycles. The van der Waals surface area contributed by atoms with Gasteiger partial charge < -0.3 is 14.8 Å². The molecule has 24 heavy (non-hydrogen) atoms. The molecule has 5 nitrogen and oxygen atoms in total. The van der Waals surface area contributed by atoms with Gasteiger partial charge in [0.25, 0.3) is 5.91 Å². The molecule has 1 N–H and O–H groups in total. The number of fused-ring (bicyclic) bond motifs is 2. The lowest BCUT2D eigenvalue weighted by Crippen LogP contribution is -2.16. The predicted molar refractivity (Wildman–Crippen MR) is 77.3 cm³/mol. The highest BCUT2D eigenvalue weighted by Crippen LogP contribution is 2.42. The fourth-order valence-corrected chi connectivity index (χ4v) is 2.33. The Morgan fingerprint density at radius 3 is 2.54 bits per heavy atom. The molecule has 2 aromatic carbocycles. The summed E-state index contributed by atoms with van der Waals surface area (Å²) in [5.74, 6) is -1.82. The smallest absolute Gasteiger partial charge is 0.417 e. The van der Waals surface area contributed by atoms with Gasteiger partial charge in [-0.2, -0.15) is 13.2 Å². The van der Waals surface area contributed by atoms with Crippen LogP contribution < -0.4 is 10.1 Å². The highest BCUT2D eigenvalue weighted by Gasteiger charge is 2.38. The Hall–Kier alpha value is -3.03. The molecule has 0 fully saturated rings. The first-order valence-electron chi connectivity index (χ1n) is 6.73. The van der Waals surface area contributed by atoms with Gasteiger partial charge in [-0.3, -0.25) is 4.79 Å². The number of alkyl halides is 3. The molecule has 1 heterocycles. The summed E-state index contributed by atoms with van der Waals surface area (Å²) in [5, 5.41) is 2.44. The Balaban J connectivity index is 2.21. The van der Waals surface area contributed by atoms with Crippen molar-refractivity contribution < 1.29 is 32.2 Å². The SMILES string of the molecule is COC(=O)c1cc2c(cc1C(F)(F)F)Oc1ccccc1C(=O)N2. The van der Waals surface area contributed by atoms with Crippen LogP contribution in [0.1, 0.15) is 26.3 Å². The van der Waals surface area contributed by atoms with Crippen LogP contribution in [-0.2, 0) is 10.9 Å². The molecule has 3 rings (SSSR count). The van der Waals surface area contributed by atoms with E-state index in [1.54, 1.807) is 12.1 Å². The first-order valence-corrected chi connectivity index (χ1v) is 6.73. The van der Waals surface area contributed by atoms with Crippen molar-refractivity contribution in [1.82, 2.24) is 0 Å². The van der Waals surface area contributed by atoms with E-state index in [-0.39, 0.29) is 22.7 Å². The maximum absolute atomic E-state index is 13.2. The monoisotopic (exact) mass is 337 g/mol. The van der Waals surface area contributed by atoms with Crippen LogP contribution in [0.25, 0.3) is 0 Å². The van der Waals surface area contributed by atoms with Gasteiger partial charge in [-0.15, -0.1) is 0 Å². The molecule has 1 aliphatic heterocycles. The molecule has 0 unspecified atom stereocenters. The Morgan fingerprint density at radius 1 is 1.17 bits per heavy atom. The zero-order valence-electron chi connectivity index (χ0n) is 12.2. The Bertz CT molecular complexity index is 846. The molecule has 0 radical (unpaired) electrons. The molecule has 124 valence electrons. The van der Waals surface area contributed by atoms with E-state index in [1.807, 2.05) is 0 Å². The van der Waals surface area contributed by atoms with Crippen molar-refractivity contribution in [2.24, 2.45) is 0 Å². The number of anilines is 1. The van der Waals surface area contributed by atoms with E-state index in [0.717, 1.165) is 13.2 Å². The number of benzene rings is 2. The van der Waals surface area contributed by atoms with Gasteiger partial charge in [-0.1, -0.05) is 12.1 Å². The number of methoxy groups -OCH3 is 1. The summed E-state index contributed by atoms with van der Waals surface area (Å²) >= 11 is 0. The lowest BCUT2D eigenvalue weighted by atomic mass is 10.0. The number of ether oxygens (including phenoxy) is 2. The van der Waals surface area contributed by atoms with Crippen LogP contribution in [0.15, 0.2) is 36.4 Å². The number of hydrogen-bond donors (Lipinski definition) is 1. The molecule has 2 aromatic rings. The zero-order chi connectivity index (χ0) is 17.5. The van der Waals surface area contributed by atoms with Crippen molar-refractivity contribution in [3.05, 3.63) is 53.1 Å². The van der Waals surface area contributed by atoms with Crippen LogP contribution in [0.2, 0.25) is 0 Å². The van der Waals surface area contributed by atoms with Gasteiger partial charge in [0, 0.05) is 0 Å². The molecule has 1 amide bonds. The standard InChI is InChI=1S/C16H10F3NO4/c1-23-15(22)9-6-11-13(7-10(9)16(17,18)19)24-12-5-3-2-4-8(12)14(21)20-11/h2-7H,1H3,(H,20,21). The minimum atomic E-state index is -4.79. The lowest BCUT2D eigenvalue weighted by molar-refractivity contribution is -0.138. The summed E-state index contributed by atoms with van der Waals surface area (Å²) in [4.78, 5) is 23.8. The summed E-state index contributed by atoms with van der Waals surface area (Å²) < 4.78 is 49.5. The van der Waals surface area contributed by atoms with Crippen LogP contribution >= 0.6 is 0 Å². The van der Waals surface area contributed by atoms with Crippen LogP contribution in [0.4, 0.5) is 18.9 Å². The third kappa shape index (κ3) is 2.66. The van der Waals surface area contributed by atoms with Crippen molar-refractivity contribution in [2.75, 3.05) is 12.4 Å². The summed E-state index contributed by atoms with van der Waals surface area (Å²) in [5.41, 5.74) is -1.80. The summed E-state index contributed by atoms with van der Waals surface area (Å²) in [7, 11) is 0.971. The van der Waals surface area contributed by atoms with Crippen molar-refractivity contribution in [3.8, 4) is 11.5 Å². The van der Waals surface area contributed by atoms with Gasteiger partial charge in [0.2, 0.25) is 0 Å². The number of halogens is 3. The van der Waals surface area contributed by atoms with Crippen LogP contribution in [0, 0.1) is 0 Å². The molecule has 0 atom stereocenters. The second-order valence-electron chi connectivity index (χ2n) is 4.94. The largest absolute Gasteiger partial charge is 0.465 e. The molecular formula is C16H10F3NO4. The summed E-state index contributed by atoms with van der Waals surface area (Å²) in [6.45, 7) is 0. The average molecular weight is 337 g/mol. The van der Waals surface area contributed by atoms with E-state index in [4.69, 9.17) is 4.74 Å². The van der Waals surface area contributed by atoms with Crippen molar-refractivity contribution >= 4 is 17.6 Å². The molecular weight excluding hydrogens is 327 g/mol. The molecule has 0 bridgehead atoms. The molecule has 1 aliphatic rings. The van der Waals surface area contributed by atoms with Crippen molar-refractivity contribution in [1.29, 1.82) is 0 Å². The van der Waals surface area contributed by atoms with Crippen LogP contribution in [0.5, 0.6) is 11.5 Å². The van der Waals surface area contributed by atoms with E-state index in [9.17, 15) is 22.8 Å². The fraction of sp³-hybridized carbons (Fsp3) is 0.125. The van der Waals surface area contributed by atoms with E-state index in [0.29, 0.717) is 6.07 Å². The maximum Gasteiger partial charge on any atom is 0.417 e. The molecule has 0 aliphatic carbocycles. The summed E-state index contributed by atoms with van der Waals surface area (Å²) in [6.07, 6.45) is -4.79. The minimum absolute atomic E-state index is 0.0513. The number of hydrogen-bond acceptors (Lipinski definition) is 4. The number of amides is 1. The second kappa shape index (κ2) is 5.55. The predicted octanol–water partition coefficient (Wildman–Crippen LogP) is 3.85. The average Bonchev–Trinajstić information content (AvgIpc) is 2.67. The molecule has 0 saturated heterocycles. The van der Waals surface area contributed by atoms with E-state index in [1.165, 1.54) is 12.1 Å². The van der Waals surface area contributed by atoms with Crippen molar-refractivity contribution in [2.45, 2.75) is 6.18 Å². The third-order valence-corrected chi connectivity index (χ3v) is 3.43. The van der Waals surface area contributed by atoms with Crippen LogP contribution in [0.3, 0.4) is 0 Å². The highest BCUT2D eigenvalue weighted by molar-refractivity contribution is 6.08. The van der Waals surface area contributed by atoms with E-state index < -0.39 is 29.2 Å². The third-order valence-electron chi connectivity index (χ3n) is 3.43. The second-order valence-corrected chi connectivity index (χ2v) is 4.94. The van der Waals surface area contributed by atoms with Gasteiger partial charge in [0.05, 0.1) is 29.5 Å². The molecule has 0 spiro atoms. The van der Waals surface area contributed by atoms with Crippen LogP contribution in [-0.4, -0.2) is 19.0 Å². The number of carbonyl (C=O) groups excluding carboxylic acids is 2. The Morgan fingerprint density at radius 2 is 1.88 bits per heavy atom. The zero-order valence-corrected chi connectivity index (χ0v) is 12.2. The van der Waals surface area contributed by atoms with Gasteiger partial charge in [0.1, 0.15) is 5.75 Å². The molecule has 0 saturated carbocycles. The van der Waals surface area contributed by atoms with Gasteiger partial charge >= 0.3 is 12.1 Å². The number of para-hydroxylation sites is 1. The number of nitrogens with one attached hydrogen (secondary N) is 1. The van der Waals surface area contributed by atoms with E-state index >= 15 is 0 Å². The topological polar surface area (TPSA) is 64.6 Å². The lowest BCUT2D eigenvalue weighted by Gasteiger charge is -2.15. The van der Waals surface area contributed by atoms with Gasteiger partial charge in [-0.05, 0) is 24.3 Å². The maximum atomic E-state index is 13.2. The van der Waals surface area contributed by atoms with Crippen molar-refractivity contribution in [3.63, 3.8) is 0 Å². The van der Waals surface area contributed by atoms with Gasteiger partial charge in [-0.25, -0.2) is 4.79 Å². The summed E-state index contributed by atoms with van der Waals surface area (Å²) in [6, 6.07) is 7.69. The number of carbonyl (C=O) groups is 2. The minimum Gasteiger partial charge on any atom is -0.465 e. The fourth-order valence-electron chi connectivity index (χ4n) is 2.33. The molecule has 8 heteroatoms. The highest BCUT2D eigenvalue weighted by atomic mass is 19.4. The Kier molecular flexibility index (Phi) is 3.67. The number of esters is 1. The first kappa shape index (κ1) is 15.9. The van der Waals surface area contributed by atoms with Gasteiger partial charge in [0.15, 0.2) is 5.75 Å². The quantitative estimate of drug-likeness (QED) is 0.803. The first-order chi connectivity index (χ1) is 11.3.